The number of ether oxygens (including phenoxy) is 1. The number of pyridine rings is 1. The van der Waals surface area contributed by atoms with Crippen LogP contribution in [0.1, 0.15) is 15.9 Å². The number of benzene rings is 2. The largest absolute Gasteiger partial charge is 0.487 e. The van der Waals surface area contributed by atoms with E-state index in [4.69, 9.17) is 4.74 Å². The molecule has 0 saturated carbocycles. The van der Waals surface area contributed by atoms with Crippen molar-refractivity contribution in [3.05, 3.63) is 70.3 Å². The maximum atomic E-state index is 11.1. The van der Waals surface area contributed by atoms with Crippen LogP contribution in [0.4, 0.5) is 0 Å². The lowest BCUT2D eigenvalue weighted by molar-refractivity contribution is 0.111. The van der Waals surface area contributed by atoms with Crippen LogP contribution >= 0.6 is 15.9 Å². The van der Waals surface area contributed by atoms with Crippen LogP contribution in [0.15, 0.2) is 59.2 Å². The first-order valence-corrected chi connectivity index (χ1v) is 7.28. The first-order valence-electron chi connectivity index (χ1n) is 6.48. The monoisotopic (exact) mass is 341 g/mol. The highest BCUT2D eigenvalue weighted by Crippen LogP contribution is 2.29. The lowest BCUT2D eigenvalue weighted by atomic mass is 10.1. The van der Waals surface area contributed by atoms with Gasteiger partial charge in [-0.3, -0.25) is 9.78 Å². The van der Waals surface area contributed by atoms with Gasteiger partial charge in [-0.2, -0.15) is 0 Å². The number of hydrogen-bond donors (Lipinski definition) is 0. The minimum atomic E-state index is 0.359. The molecule has 0 aliphatic rings. The van der Waals surface area contributed by atoms with Crippen molar-refractivity contribution in [1.82, 2.24) is 4.98 Å². The summed E-state index contributed by atoms with van der Waals surface area (Å²) in [5.41, 5.74) is 2.43. The van der Waals surface area contributed by atoms with E-state index in [1.807, 2.05) is 36.4 Å². The Labute approximate surface area is 130 Å². The number of halogens is 1. The fraction of sp³-hybridized carbons (Fsp3) is 0.0588. The SMILES string of the molecule is O=Cc1cccc(Br)c1OCc1cccc2cccnc12. The van der Waals surface area contributed by atoms with Gasteiger partial charge in [0.25, 0.3) is 0 Å². The average Bonchev–Trinajstić information content (AvgIpc) is 2.53. The minimum absolute atomic E-state index is 0.359. The van der Waals surface area contributed by atoms with E-state index < -0.39 is 0 Å². The molecule has 104 valence electrons. The maximum Gasteiger partial charge on any atom is 0.153 e. The molecule has 4 heteroatoms. The van der Waals surface area contributed by atoms with Crippen molar-refractivity contribution in [3.8, 4) is 5.75 Å². The predicted octanol–water partition coefficient (Wildman–Crippen LogP) is 4.39. The van der Waals surface area contributed by atoms with E-state index in [9.17, 15) is 4.79 Å². The lowest BCUT2D eigenvalue weighted by Gasteiger charge is -2.11. The van der Waals surface area contributed by atoms with Crippen LogP contribution < -0.4 is 4.74 Å². The van der Waals surface area contributed by atoms with Crippen LogP contribution in [-0.2, 0) is 6.61 Å². The summed E-state index contributed by atoms with van der Waals surface area (Å²) >= 11 is 3.41. The van der Waals surface area contributed by atoms with E-state index in [0.29, 0.717) is 17.9 Å². The summed E-state index contributed by atoms with van der Waals surface area (Å²) in [6, 6.07) is 15.3. The average molecular weight is 342 g/mol. The Hall–Kier alpha value is -2.20. The zero-order chi connectivity index (χ0) is 14.7. The van der Waals surface area contributed by atoms with Crippen LogP contribution in [-0.4, -0.2) is 11.3 Å². The number of para-hydroxylation sites is 2. The standard InChI is InChI=1S/C17H12BrNO2/c18-15-8-2-5-13(10-20)17(15)21-11-14-6-1-4-12-7-3-9-19-16(12)14/h1-10H,11H2. The molecule has 3 aromatic rings. The van der Waals surface area contributed by atoms with Crippen molar-refractivity contribution in [2.75, 3.05) is 0 Å². The summed E-state index contributed by atoms with van der Waals surface area (Å²) in [6.45, 7) is 0.359. The summed E-state index contributed by atoms with van der Waals surface area (Å²) in [5, 5.41) is 1.07. The number of nitrogens with zero attached hydrogens (tertiary/aromatic N) is 1. The quantitative estimate of drug-likeness (QED) is 0.660. The third kappa shape index (κ3) is 2.81. The third-order valence-electron chi connectivity index (χ3n) is 3.21. The molecular weight excluding hydrogens is 330 g/mol. The molecule has 21 heavy (non-hydrogen) atoms. The molecule has 0 saturated heterocycles. The number of rotatable bonds is 4. The van der Waals surface area contributed by atoms with Gasteiger partial charge in [-0.15, -0.1) is 0 Å². The highest BCUT2D eigenvalue weighted by molar-refractivity contribution is 9.10. The molecule has 0 unspecified atom stereocenters. The van der Waals surface area contributed by atoms with Gasteiger partial charge in [0.1, 0.15) is 12.4 Å². The Bertz CT molecular complexity index is 796. The first-order chi connectivity index (χ1) is 10.3. The van der Waals surface area contributed by atoms with Crippen LogP contribution in [0.2, 0.25) is 0 Å². The van der Waals surface area contributed by atoms with Crippen molar-refractivity contribution in [3.63, 3.8) is 0 Å². The Morgan fingerprint density at radius 3 is 2.76 bits per heavy atom. The highest BCUT2D eigenvalue weighted by atomic mass is 79.9. The molecule has 0 N–H and O–H groups in total. The minimum Gasteiger partial charge on any atom is -0.487 e. The molecule has 0 aliphatic carbocycles. The molecule has 0 radical (unpaired) electrons. The van der Waals surface area contributed by atoms with Crippen molar-refractivity contribution in [1.29, 1.82) is 0 Å². The van der Waals surface area contributed by atoms with Crippen LogP contribution in [0.5, 0.6) is 5.75 Å². The molecule has 0 aliphatic heterocycles. The topological polar surface area (TPSA) is 39.2 Å². The molecule has 0 bridgehead atoms. The van der Waals surface area contributed by atoms with Gasteiger partial charge in [-0.1, -0.05) is 30.3 Å². The molecule has 2 aromatic carbocycles. The summed E-state index contributed by atoms with van der Waals surface area (Å²) in [5.74, 6) is 0.556. The third-order valence-corrected chi connectivity index (χ3v) is 3.84. The maximum absolute atomic E-state index is 11.1. The molecule has 3 nitrogen and oxygen atoms in total. The molecule has 3 rings (SSSR count). The molecular formula is C17H12BrNO2. The molecule has 1 aromatic heterocycles. The number of aromatic nitrogens is 1. The zero-order valence-corrected chi connectivity index (χ0v) is 12.7. The molecule has 1 heterocycles. The van der Waals surface area contributed by atoms with E-state index in [1.165, 1.54) is 0 Å². The fourth-order valence-corrected chi connectivity index (χ4v) is 2.70. The second-order valence-corrected chi connectivity index (χ2v) is 5.41. The van der Waals surface area contributed by atoms with Crippen LogP contribution in [0.25, 0.3) is 10.9 Å². The van der Waals surface area contributed by atoms with E-state index in [1.54, 1.807) is 18.3 Å². The van der Waals surface area contributed by atoms with Crippen molar-refractivity contribution in [2.45, 2.75) is 6.61 Å². The van der Waals surface area contributed by atoms with Crippen LogP contribution in [0.3, 0.4) is 0 Å². The van der Waals surface area contributed by atoms with Gasteiger partial charge in [0.2, 0.25) is 0 Å². The fourth-order valence-electron chi connectivity index (χ4n) is 2.20. The molecule has 0 fully saturated rings. The van der Waals surface area contributed by atoms with Crippen molar-refractivity contribution >= 4 is 33.1 Å². The van der Waals surface area contributed by atoms with E-state index in [0.717, 1.165) is 27.2 Å². The second-order valence-electron chi connectivity index (χ2n) is 4.56. The normalized spacial score (nSPS) is 10.5. The summed E-state index contributed by atoms with van der Waals surface area (Å²) in [6.07, 6.45) is 2.56. The van der Waals surface area contributed by atoms with E-state index in [-0.39, 0.29) is 0 Å². The molecule has 0 spiro atoms. The molecule has 0 atom stereocenters. The van der Waals surface area contributed by atoms with Gasteiger partial charge >= 0.3 is 0 Å². The van der Waals surface area contributed by atoms with E-state index in [2.05, 4.69) is 20.9 Å². The number of hydrogen-bond acceptors (Lipinski definition) is 3. The van der Waals surface area contributed by atoms with Gasteiger partial charge in [0, 0.05) is 17.1 Å². The van der Waals surface area contributed by atoms with E-state index >= 15 is 0 Å². The Morgan fingerprint density at radius 2 is 1.90 bits per heavy atom. The van der Waals surface area contributed by atoms with Gasteiger partial charge in [0.05, 0.1) is 15.6 Å². The lowest BCUT2D eigenvalue weighted by Crippen LogP contribution is -2.00. The van der Waals surface area contributed by atoms with Crippen molar-refractivity contribution in [2.24, 2.45) is 0 Å². The smallest absolute Gasteiger partial charge is 0.153 e. The predicted molar refractivity (Wildman–Crippen MR) is 85.6 cm³/mol. The second kappa shape index (κ2) is 6.06. The summed E-state index contributed by atoms with van der Waals surface area (Å²) in [4.78, 5) is 15.5. The summed E-state index contributed by atoms with van der Waals surface area (Å²) in [7, 11) is 0. The van der Waals surface area contributed by atoms with Crippen LogP contribution in [0, 0.1) is 0 Å². The number of carbonyl (C=O) groups is 1. The Balaban J connectivity index is 1.93. The first kappa shape index (κ1) is 13.8. The number of carbonyl (C=O) groups excluding carboxylic acids is 1. The number of aldehydes is 1. The zero-order valence-electron chi connectivity index (χ0n) is 11.1. The van der Waals surface area contributed by atoms with Gasteiger partial charge in [0.15, 0.2) is 6.29 Å². The van der Waals surface area contributed by atoms with Gasteiger partial charge in [-0.25, -0.2) is 0 Å². The molecule has 0 amide bonds. The van der Waals surface area contributed by atoms with Crippen molar-refractivity contribution < 1.29 is 9.53 Å². The Morgan fingerprint density at radius 1 is 1.10 bits per heavy atom. The van der Waals surface area contributed by atoms with Gasteiger partial charge in [-0.05, 0) is 34.1 Å². The van der Waals surface area contributed by atoms with Gasteiger partial charge < -0.3 is 4.74 Å². The summed E-state index contributed by atoms with van der Waals surface area (Å²) < 4.78 is 6.60. The highest BCUT2D eigenvalue weighted by Gasteiger charge is 2.09. The Kier molecular flexibility index (Phi) is 3.97. The number of fused-ring (bicyclic) bond motifs is 1.